The molecule has 3 heterocycles. The van der Waals surface area contributed by atoms with Crippen LogP contribution in [0.25, 0.3) is 16.5 Å². The predicted octanol–water partition coefficient (Wildman–Crippen LogP) is 3.91. The molecular weight excluding hydrogens is 420 g/mol. The number of rotatable bonds is 9. The van der Waals surface area contributed by atoms with Crippen molar-refractivity contribution in [1.29, 1.82) is 0 Å². The monoisotopic (exact) mass is 440 g/mol. The highest BCUT2D eigenvalue weighted by molar-refractivity contribution is 7.99. The van der Waals surface area contributed by atoms with Crippen LogP contribution in [0.5, 0.6) is 0 Å². The van der Waals surface area contributed by atoms with Crippen LogP contribution in [0.15, 0.2) is 63.7 Å². The molecule has 4 rings (SSSR count). The average Bonchev–Trinajstić information content (AvgIpc) is 3.54. The fourth-order valence-electron chi connectivity index (χ4n) is 2.85. The number of carbonyl (C=O) groups is 1. The predicted molar refractivity (Wildman–Crippen MR) is 115 cm³/mol. The van der Waals surface area contributed by atoms with Crippen LogP contribution in [0.1, 0.15) is 19.2 Å². The zero-order valence-electron chi connectivity index (χ0n) is 16.3. The van der Waals surface area contributed by atoms with E-state index in [1.807, 2.05) is 59.3 Å². The number of nitrogens with zero attached hydrogens (tertiary/aromatic N) is 6. The normalized spacial score (nSPS) is 11.0. The summed E-state index contributed by atoms with van der Waals surface area (Å²) in [7, 11) is 0. The van der Waals surface area contributed by atoms with Gasteiger partial charge >= 0.3 is 0 Å². The molecule has 0 aliphatic carbocycles. The summed E-state index contributed by atoms with van der Waals surface area (Å²) >= 11 is 2.89. The topological polar surface area (TPSA) is 89.9 Å². The zero-order chi connectivity index (χ0) is 20.8. The molecule has 1 aromatic carbocycles. The third-order valence-electron chi connectivity index (χ3n) is 4.25. The standard InChI is InChI=1S/C20H20N6O2S2/c1-2-10-25(12-17-22-23-19(28-17)16-9-6-11-29-16)18(27)13-30-20-24-21-14-26(20)15-7-4-3-5-8-15/h3-9,11,14H,2,10,12-13H2,1H3. The SMILES string of the molecule is CCCN(Cc1nnc(-c2cccs2)o1)C(=O)CSc1nncn1-c1ccccc1. The molecule has 0 bridgehead atoms. The minimum absolute atomic E-state index is 0.0136. The Morgan fingerprint density at radius 3 is 2.80 bits per heavy atom. The average molecular weight is 441 g/mol. The first-order valence-electron chi connectivity index (χ1n) is 9.47. The van der Waals surface area contributed by atoms with Crippen LogP contribution in [-0.2, 0) is 11.3 Å². The molecule has 10 heteroatoms. The molecule has 8 nitrogen and oxygen atoms in total. The van der Waals surface area contributed by atoms with E-state index in [0.29, 0.717) is 23.5 Å². The maximum absolute atomic E-state index is 12.9. The van der Waals surface area contributed by atoms with Crippen LogP contribution in [0, 0.1) is 0 Å². The van der Waals surface area contributed by atoms with Crippen molar-refractivity contribution in [3.63, 3.8) is 0 Å². The molecule has 0 N–H and O–H groups in total. The van der Waals surface area contributed by atoms with Gasteiger partial charge in [0.2, 0.25) is 11.8 Å². The van der Waals surface area contributed by atoms with E-state index in [1.54, 1.807) is 11.2 Å². The second-order valence-corrected chi connectivity index (χ2v) is 8.29. The van der Waals surface area contributed by atoms with Crippen molar-refractivity contribution in [2.24, 2.45) is 0 Å². The summed E-state index contributed by atoms with van der Waals surface area (Å²) in [6.07, 6.45) is 2.49. The van der Waals surface area contributed by atoms with E-state index in [4.69, 9.17) is 4.42 Å². The van der Waals surface area contributed by atoms with E-state index < -0.39 is 0 Å². The van der Waals surface area contributed by atoms with E-state index in [2.05, 4.69) is 20.4 Å². The lowest BCUT2D eigenvalue weighted by Crippen LogP contribution is -2.32. The van der Waals surface area contributed by atoms with Gasteiger partial charge in [-0.2, -0.15) is 0 Å². The van der Waals surface area contributed by atoms with Crippen LogP contribution in [0.2, 0.25) is 0 Å². The van der Waals surface area contributed by atoms with Crippen molar-refractivity contribution in [3.8, 4) is 16.5 Å². The number of benzene rings is 1. The highest BCUT2D eigenvalue weighted by Crippen LogP contribution is 2.24. The van der Waals surface area contributed by atoms with Gasteiger partial charge < -0.3 is 9.32 Å². The van der Waals surface area contributed by atoms with Gasteiger partial charge in [0.05, 0.1) is 17.2 Å². The Morgan fingerprint density at radius 1 is 1.17 bits per heavy atom. The first-order valence-corrected chi connectivity index (χ1v) is 11.3. The Bertz CT molecular complexity index is 1080. The molecule has 0 atom stereocenters. The highest BCUT2D eigenvalue weighted by Gasteiger charge is 2.19. The summed E-state index contributed by atoms with van der Waals surface area (Å²) < 4.78 is 7.61. The summed E-state index contributed by atoms with van der Waals surface area (Å²) in [6, 6.07) is 13.7. The van der Waals surface area contributed by atoms with Gasteiger partial charge in [-0.1, -0.05) is 43.0 Å². The highest BCUT2D eigenvalue weighted by atomic mass is 32.2. The van der Waals surface area contributed by atoms with E-state index in [0.717, 1.165) is 17.0 Å². The van der Waals surface area contributed by atoms with Crippen LogP contribution in [-0.4, -0.2) is 48.1 Å². The Hall–Kier alpha value is -2.98. The van der Waals surface area contributed by atoms with Gasteiger partial charge in [-0.15, -0.1) is 31.7 Å². The molecule has 0 aliphatic heterocycles. The van der Waals surface area contributed by atoms with Crippen LogP contribution in [0.4, 0.5) is 0 Å². The molecule has 30 heavy (non-hydrogen) atoms. The zero-order valence-corrected chi connectivity index (χ0v) is 18.0. The second kappa shape index (κ2) is 9.68. The minimum atomic E-state index is -0.0136. The summed E-state index contributed by atoms with van der Waals surface area (Å²) in [6.45, 7) is 2.93. The molecule has 3 aromatic heterocycles. The molecular formula is C20H20N6O2S2. The largest absolute Gasteiger partial charge is 0.418 e. The molecule has 0 aliphatic rings. The number of thiophene rings is 1. The first kappa shape index (κ1) is 20.3. The summed E-state index contributed by atoms with van der Waals surface area (Å²) in [5.74, 6) is 1.14. The number of para-hydroxylation sites is 1. The number of hydrogen-bond acceptors (Lipinski definition) is 8. The summed E-state index contributed by atoms with van der Waals surface area (Å²) in [5, 5.41) is 19.0. The molecule has 0 saturated heterocycles. The van der Waals surface area contributed by atoms with Gasteiger partial charge in [0.25, 0.3) is 5.89 Å². The Labute approximate surface area is 182 Å². The van der Waals surface area contributed by atoms with Crippen molar-refractivity contribution in [2.45, 2.75) is 25.0 Å². The molecule has 0 fully saturated rings. The number of amides is 1. The maximum Gasteiger partial charge on any atom is 0.257 e. The summed E-state index contributed by atoms with van der Waals surface area (Å²) in [5.41, 5.74) is 0.954. The number of aromatic nitrogens is 5. The first-order chi connectivity index (χ1) is 14.7. The number of thioether (sulfide) groups is 1. The van der Waals surface area contributed by atoms with E-state index >= 15 is 0 Å². The minimum Gasteiger partial charge on any atom is -0.418 e. The molecule has 1 amide bonds. The van der Waals surface area contributed by atoms with Gasteiger partial charge in [0, 0.05) is 12.2 Å². The third-order valence-corrected chi connectivity index (χ3v) is 6.03. The van der Waals surface area contributed by atoms with Gasteiger partial charge in [-0.25, -0.2) is 0 Å². The molecule has 154 valence electrons. The van der Waals surface area contributed by atoms with Gasteiger partial charge in [-0.3, -0.25) is 9.36 Å². The lowest BCUT2D eigenvalue weighted by Gasteiger charge is -2.20. The number of hydrogen-bond donors (Lipinski definition) is 0. The van der Waals surface area contributed by atoms with Gasteiger partial charge in [0.15, 0.2) is 5.16 Å². The van der Waals surface area contributed by atoms with Gasteiger partial charge in [-0.05, 0) is 30.0 Å². The fourth-order valence-corrected chi connectivity index (χ4v) is 4.32. The van der Waals surface area contributed by atoms with Crippen molar-refractivity contribution < 1.29 is 9.21 Å². The van der Waals surface area contributed by atoms with Crippen molar-refractivity contribution in [1.82, 2.24) is 29.9 Å². The molecule has 0 saturated carbocycles. The third kappa shape index (κ3) is 4.77. The quantitative estimate of drug-likeness (QED) is 0.365. The van der Waals surface area contributed by atoms with E-state index in [1.165, 1.54) is 23.1 Å². The second-order valence-electron chi connectivity index (χ2n) is 6.40. The molecule has 4 aromatic rings. The number of carbonyl (C=O) groups excluding carboxylic acids is 1. The lowest BCUT2D eigenvalue weighted by molar-refractivity contribution is -0.129. The lowest BCUT2D eigenvalue weighted by atomic mass is 10.3. The molecule has 0 spiro atoms. The Kier molecular flexibility index (Phi) is 6.55. The molecule has 0 radical (unpaired) electrons. The fraction of sp³-hybridized carbons (Fsp3) is 0.250. The molecule has 0 unspecified atom stereocenters. The van der Waals surface area contributed by atoms with Gasteiger partial charge in [0.1, 0.15) is 6.33 Å². The summed E-state index contributed by atoms with van der Waals surface area (Å²) in [4.78, 5) is 15.5. The Morgan fingerprint density at radius 2 is 2.03 bits per heavy atom. The van der Waals surface area contributed by atoms with Crippen LogP contribution < -0.4 is 0 Å². The maximum atomic E-state index is 12.9. The van der Waals surface area contributed by atoms with Crippen molar-refractivity contribution in [2.75, 3.05) is 12.3 Å². The van der Waals surface area contributed by atoms with Crippen LogP contribution >= 0.6 is 23.1 Å². The van der Waals surface area contributed by atoms with E-state index in [9.17, 15) is 4.79 Å². The van der Waals surface area contributed by atoms with Crippen molar-refractivity contribution >= 4 is 29.0 Å². The van der Waals surface area contributed by atoms with Crippen molar-refractivity contribution in [3.05, 3.63) is 60.1 Å². The smallest absolute Gasteiger partial charge is 0.257 e. The Balaban J connectivity index is 1.40. The van der Waals surface area contributed by atoms with E-state index in [-0.39, 0.29) is 18.2 Å². The van der Waals surface area contributed by atoms with Crippen LogP contribution in [0.3, 0.4) is 0 Å².